The van der Waals surface area contributed by atoms with E-state index in [2.05, 4.69) is 5.32 Å². The van der Waals surface area contributed by atoms with Gasteiger partial charge in [-0.05, 0) is 94.2 Å². The highest BCUT2D eigenvalue weighted by Crippen LogP contribution is 2.67. The van der Waals surface area contributed by atoms with Gasteiger partial charge in [-0.3, -0.25) is 33.3 Å². The van der Waals surface area contributed by atoms with Crippen molar-refractivity contribution in [2.24, 2.45) is 17.8 Å². The first-order valence-electron chi connectivity index (χ1n) is 21.6. The number of likely N-dealkylation sites (tertiary alicyclic amines) is 1. The first kappa shape index (κ1) is 46.0. The van der Waals surface area contributed by atoms with Crippen molar-refractivity contribution in [3.8, 4) is 0 Å². The summed E-state index contributed by atoms with van der Waals surface area (Å²) in [6.45, 7) is 5.16. The summed E-state index contributed by atoms with van der Waals surface area (Å²) < 4.78 is 72.6. The number of carbonyl (C=O) groups is 6. The van der Waals surface area contributed by atoms with Gasteiger partial charge in [0.25, 0.3) is 5.91 Å². The Bertz CT molecular complexity index is 2030. The van der Waals surface area contributed by atoms with Gasteiger partial charge >= 0.3 is 25.2 Å². The van der Waals surface area contributed by atoms with Crippen molar-refractivity contribution < 1.29 is 65.4 Å². The van der Waals surface area contributed by atoms with Crippen LogP contribution in [-0.2, 0) is 57.5 Å². The lowest BCUT2D eigenvalue weighted by Gasteiger charge is -2.44. The first-order chi connectivity index (χ1) is 29.7. The Hall–Kier alpha value is -4.03. The van der Waals surface area contributed by atoms with Crippen LogP contribution < -0.4 is 5.32 Å². The van der Waals surface area contributed by atoms with Crippen molar-refractivity contribution in [2.45, 2.75) is 95.4 Å². The van der Waals surface area contributed by atoms with Crippen LogP contribution in [0, 0.1) is 17.8 Å². The average Bonchev–Trinajstić information content (AvgIpc) is 3.58. The number of benzene rings is 1. The number of thiophene rings is 1. The largest absolute Gasteiger partial charge is 0.466 e. The lowest BCUT2D eigenvalue weighted by molar-refractivity contribution is -0.157. The van der Waals surface area contributed by atoms with Gasteiger partial charge in [-0.25, -0.2) is 0 Å². The monoisotopic (exact) mass is 908 g/mol. The molecule has 0 radical (unpaired) electrons. The molecule has 4 aliphatic heterocycles. The summed E-state index contributed by atoms with van der Waals surface area (Å²) >= 11 is 1.04. The first-order valence-corrected chi connectivity index (χ1v) is 24.0. The molecule has 5 fully saturated rings. The van der Waals surface area contributed by atoms with E-state index in [1.807, 2.05) is 0 Å². The maximum absolute atomic E-state index is 16.3. The molecule has 62 heavy (non-hydrogen) atoms. The summed E-state index contributed by atoms with van der Waals surface area (Å²) in [7, 11) is -5.27. The highest BCUT2D eigenvalue weighted by atomic mass is 32.1. The second-order valence-electron chi connectivity index (χ2n) is 16.5. The zero-order valence-electron chi connectivity index (χ0n) is 35.1. The van der Waals surface area contributed by atoms with Gasteiger partial charge in [0.1, 0.15) is 12.1 Å². The van der Waals surface area contributed by atoms with Gasteiger partial charge in [0.2, 0.25) is 17.7 Å². The Kier molecular flexibility index (Phi) is 14.7. The summed E-state index contributed by atoms with van der Waals surface area (Å²) in [6, 6.07) is 3.25. The van der Waals surface area contributed by atoms with E-state index in [4.69, 9.17) is 23.3 Å². The lowest BCUT2D eigenvalue weighted by Crippen LogP contribution is -2.62. The number of fused-ring (bicyclic) bond motifs is 3. The minimum atomic E-state index is -5.27. The molecule has 5 heterocycles. The SMILES string of the molecule is CCOC(=O)CCCOP(=O)(OCCCC(=O)OCC)C(F)(F)c1ccc2sc(C(=O)N[C@H]3C[C@@H]4C[C@@H]4C[C@H]4CC[C@@H](C(=O)N5CC(C(=O)N6CCOCC6)C5)N4C3=O)cc2c1. The molecule has 4 saturated heterocycles. The number of halogens is 2. The molecule has 5 aliphatic rings. The van der Waals surface area contributed by atoms with Crippen LogP contribution >= 0.6 is 18.9 Å². The Morgan fingerprint density at radius 2 is 1.52 bits per heavy atom. The van der Waals surface area contributed by atoms with Gasteiger partial charge in [-0.15, -0.1) is 11.3 Å². The normalized spacial score (nSPS) is 24.1. The van der Waals surface area contributed by atoms with Crippen LogP contribution in [0.3, 0.4) is 0 Å². The smallest absolute Gasteiger partial charge is 0.404 e. The zero-order valence-corrected chi connectivity index (χ0v) is 36.8. The summed E-state index contributed by atoms with van der Waals surface area (Å²) in [4.78, 5) is 84.0. The van der Waals surface area contributed by atoms with Crippen LogP contribution in [0.2, 0.25) is 0 Å². The summed E-state index contributed by atoms with van der Waals surface area (Å²) in [6.07, 6.45) is 2.86. The number of amides is 4. The summed E-state index contributed by atoms with van der Waals surface area (Å²) in [5, 5.41) is 3.17. The zero-order chi connectivity index (χ0) is 44.2. The Labute approximate surface area is 362 Å². The fourth-order valence-electron chi connectivity index (χ4n) is 8.90. The number of morpholine rings is 1. The molecule has 4 amide bonds. The molecule has 1 aromatic heterocycles. The van der Waals surface area contributed by atoms with Crippen molar-refractivity contribution in [1.29, 1.82) is 0 Å². The third kappa shape index (κ3) is 10.2. The predicted octanol–water partition coefficient (Wildman–Crippen LogP) is 5.07. The molecule has 20 heteroatoms. The van der Waals surface area contributed by atoms with Crippen LogP contribution in [0.25, 0.3) is 10.1 Å². The average molecular weight is 909 g/mol. The highest BCUT2D eigenvalue weighted by Gasteiger charge is 2.56. The molecule has 2 aromatic rings. The summed E-state index contributed by atoms with van der Waals surface area (Å²) in [5.41, 5.74) is -4.88. The molecule has 1 N–H and O–H groups in total. The third-order valence-corrected chi connectivity index (χ3v) is 15.4. The van der Waals surface area contributed by atoms with Crippen molar-refractivity contribution in [1.82, 2.24) is 20.0 Å². The molecular formula is C42H55F2N4O12PS. The van der Waals surface area contributed by atoms with E-state index in [1.165, 1.54) is 12.1 Å². The molecule has 16 nitrogen and oxygen atoms in total. The molecule has 340 valence electrons. The number of esters is 2. The van der Waals surface area contributed by atoms with Crippen LogP contribution in [0.1, 0.15) is 86.9 Å². The van der Waals surface area contributed by atoms with E-state index in [0.717, 1.165) is 36.3 Å². The van der Waals surface area contributed by atoms with Gasteiger partial charge in [0, 0.05) is 55.3 Å². The molecule has 7 rings (SSSR count). The fraction of sp³-hybridized carbons (Fsp3) is 0.667. The van der Waals surface area contributed by atoms with Gasteiger partial charge in [-0.2, -0.15) is 8.78 Å². The molecule has 0 spiro atoms. The summed E-state index contributed by atoms with van der Waals surface area (Å²) in [5.74, 6) is -1.85. The van der Waals surface area contributed by atoms with Crippen molar-refractivity contribution in [3.05, 3.63) is 34.7 Å². The molecule has 1 aromatic carbocycles. The van der Waals surface area contributed by atoms with Gasteiger partial charge in [-0.1, -0.05) is 6.07 Å². The van der Waals surface area contributed by atoms with Crippen molar-refractivity contribution >= 4 is 64.6 Å². The topological polar surface area (TPSA) is 187 Å². The molecule has 1 saturated carbocycles. The van der Waals surface area contributed by atoms with Crippen LogP contribution in [-0.4, -0.2) is 134 Å². The van der Waals surface area contributed by atoms with E-state index >= 15 is 8.78 Å². The van der Waals surface area contributed by atoms with Crippen molar-refractivity contribution in [3.63, 3.8) is 0 Å². The Balaban J connectivity index is 1.02. The molecule has 0 bridgehead atoms. The number of ether oxygens (including phenoxy) is 3. The minimum absolute atomic E-state index is 0.0135. The quantitative estimate of drug-likeness (QED) is 0.119. The van der Waals surface area contributed by atoms with Crippen LogP contribution in [0.4, 0.5) is 8.78 Å². The standard InChI is InChI=1S/C42H55F2N4O12PS/c1-3-57-36(49)7-5-15-59-61(55,60-16-6-8-37(50)58-4-2)42(43,44)30-9-12-34-28(20-30)23-35(62-34)38(51)45-32-22-27-19-26(27)21-31-10-11-33(48(31)40(32)53)41(54)47-24-29(25-47)39(52)46-13-17-56-18-14-46/h9,12,20,23,26-27,29,31-33H,3-8,10-11,13-19,21-22,24-25H2,1-2H3,(H,45,51)/t26-,27+,31-,32+,33+/m1/s1. The number of carbonyl (C=O) groups excluding carboxylic acids is 6. The lowest BCUT2D eigenvalue weighted by atomic mass is 9.96. The number of alkyl halides is 2. The van der Waals surface area contributed by atoms with Crippen molar-refractivity contribution in [2.75, 3.05) is 65.8 Å². The second-order valence-corrected chi connectivity index (χ2v) is 19.7. The van der Waals surface area contributed by atoms with Crippen LogP contribution in [0.15, 0.2) is 24.3 Å². The van der Waals surface area contributed by atoms with E-state index in [0.29, 0.717) is 69.3 Å². The van der Waals surface area contributed by atoms with E-state index in [9.17, 15) is 33.3 Å². The highest BCUT2D eigenvalue weighted by molar-refractivity contribution is 7.54. The molecular weight excluding hydrogens is 854 g/mol. The number of hydrogen-bond donors (Lipinski definition) is 1. The fourth-order valence-corrected chi connectivity index (χ4v) is 11.4. The maximum Gasteiger partial charge on any atom is 0.404 e. The van der Waals surface area contributed by atoms with E-state index in [-0.39, 0.29) is 84.8 Å². The molecule has 1 aliphatic carbocycles. The Morgan fingerprint density at radius 3 is 2.16 bits per heavy atom. The van der Waals surface area contributed by atoms with Crippen LogP contribution in [0.5, 0.6) is 0 Å². The number of nitrogens with zero attached hydrogens (tertiary/aromatic N) is 3. The Morgan fingerprint density at radius 1 is 0.871 bits per heavy atom. The van der Waals surface area contributed by atoms with Gasteiger partial charge in [0.15, 0.2) is 0 Å². The maximum atomic E-state index is 16.3. The predicted molar refractivity (Wildman–Crippen MR) is 220 cm³/mol. The van der Waals surface area contributed by atoms with Gasteiger partial charge < -0.3 is 43.3 Å². The minimum Gasteiger partial charge on any atom is -0.466 e. The number of rotatable bonds is 18. The van der Waals surface area contributed by atoms with Gasteiger partial charge in [0.05, 0.1) is 50.4 Å². The third-order valence-electron chi connectivity index (χ3n) is 12.3. The number of hydrogen-bond acceptors (Lipinski definition) is 13. The second kappa shape index (κ2) is 19.8. The molecule has 5 atom stereocenters. The number of nitrogens with one attached hydrogen (secondary N) is 1. The van der Waals surface area contributed by atoms with E-state index < -0.39 is 62.0 Å². The molecule has 0 unspecified atom stereocenters. The van der Waals surface area contributed by atoms with E-state index in [1.54, 1.807) is 28.5 Å².